The van der Waals surface area contributed by atoms with Crippen molar-refractivity contribution in [3.8, 4) is 0 Å². The summed E-state index contributed by atoms with van der Waals surface area (Å²) in [5.41, 5.74) is 0. The molecule has 6 nitrogen and oxygen atoms in total. The van der Waals surface area contributed by atoms with E-state index in [1.165, 1.54) is 83.5 Å². The average molecular weight is 1040 g/mol. The van der Waals surface area contributed by atoms with Gasteiger partial charge in [-0.1, -0.05) is 256 Å². The largest absolute Gasteiger partial charge is 0.462 e. The third-order valence-corrected chi connectivity index (χ3v) is 12.3. The van der Waals surface area contributed by atoms with Gasteiger partial charge < -0.3 is 14.2 Å². The van der Waals surface area contributed by atoms with Crippen molar-refractivity contribution in [3.63, 3.8) is 0 Å². The molecule has 0 radical (unpaired) electrons. The number of ether oxygens (including phenoxy) is 3. The monoisotopic (exact) mass is 1030 g/mol. The lowest BCUT2D eigenvalue weighted by Crippen LogP contribution is -2.30. The fraction of sp³-hybridized carbons (Fsp3) is 0.609. The molecule has 0 heterocycles. The normalized spacial score (nSPS) is 13.2. The second kappa shape index (κ2) is 61.8. The zero-order chi connectivity index (χ0) is 54.3. The first-order chi connectivity index (χ1) is 37.0. The van der Waals surface area contributed by atoms with Crippen LogP contribution in [-0.2, 0) is 28.6 Å². The highest BCUT2D eigenvalue weighted by atomic mass is 16.6. The Bertz CT molecular complexity index is 1660. The van der Waals surface area contributed by atoms with E-state index in [-0.39, 0.29) is 31.6 Å². The molecule has 0 aromatic carbocycles. The molecular formula is C69H110O6. The zero-order valence-corrected chi connectivity index (χ0v) is 48.3. The number of unbranched alkanes of at least 4 members (excludes halogenated alkanes) is 19. The molecule has 0 saturated carbocycles. The number of rotatable bonds is 53. The third-order valence-electron chi connectivity index (χ3n) is 12.3. The van der Waals surface area contributed by atoms with Crippen LogP contribution in [0.15, 0.2) is 146 Å². The van der Waals surface area contributed by atoms with E-state index in [2.05, 4.69) is 154 Å². The lowest BCUT2D eigenvalue weighted by Gasteiger charge is -2.18. The summed E-state index contributed by atoms with van der Waals surface area (Å²) in [6, 6.07) is 0. The van der Waals surface area contributed by atoms with E-state index < -0.39 is 12.1 Å². The minimum absolute atomic E-state index is 0.0890. The fourth-order valence-electron chi connectivity index (χ4n) is 7.87. The molecule has 75 heavy (non-hydrogen) atoms. The van der Waals surface area contributed by atoms with E-state index in [0.29, 0.717) is 19.3 Å². The molecule has 0 aromatic rings. The van der Waals surface area contributed by atoms with Crippen LogP contribution in [0, 0.1) is 0 Å². The summed E-state index contributed by atoms with van der Waals surface area (Å²) in [6.07, 6.45) is 88.8. The Labute approximate surface area is 461 Å². The van der Waals surface area contributed by atoms with Gasteiger partial charge in [-0.15, -0.1) is 0 Å². The zero-order valence-electron chi connectivity index (χ0n) is 48.3. The van der Waals surface area contributed by atoms with Crippen molar-refractivity contribution in [2.75, 3.05) is 13.2 Å². The second-order valence-corrected chi connectivity index (χ2v) is 19.5. The van der Waals surface area contributed by atoms with Gasteiger partial charge in [0.05, 0.1) is 6.42 Å². The summed E-state index contributed by atoms with van der Waals surface area (Å²) < 4.78 is 16.7. The highest BCUT2D eigenvalue weighted by Gasteiger charge is 2.19. The van der Waals surface area contributed by atoms with Crippen LogP contribution < -0.4 is 0 Å². The molecule has 1 atom stereocenters. The van der Waals surface area contributed by atoms with Crippen LogP contribution in [0.2, 0.25) is 0 Å². The molecule has 0 aromatic heterocycles. The highest BCUT2D eigenvalue weighted by Crippen LogP contribution is 2.14. The smallest absolute Gasteiger partial charge is 0.310 e. The quantitative estimate of drug-likeness (QED) is 0.0261. The van der Waals surface area contributed by atoms with E-state index in [9.17, 15) is 14.4 Å². The molecule has 0 saturated heterocycles. The number of carbonyl (C=O) groups is 3. The number of esters is 3. The van der Waals surface area contributed by atoms with Gasteiger partial charge in [0.1, 0.15) is 13.2 Å². The summed E-state index contributed by atoms with van der Waals surface area (Å²) >= 11 is 0. The first-order valence-corrected chi connectivity index (χ1v) is 30.3. The van der Waals surface area contributed by atoms with Gasteiger partial charge >= 0.3 is 17.9 Å². The number of allylic oxidation sites excluding steroid dienone is 23. The Morgan fingerprint density at radius 3 is 0.893 bits per heavy atom. The van der Waals surface area contributed by atoms with E-state index in [0.717, 1.165) is 122 Å². The first kappa shape index (κ1) is 70.3. The lowest BCUT2D eigenvalue weighted by atomic mass is 10.1. The Balaban J connectivity index is 4.37. The molecular weight excluding hydrogens is 925 g/mol. The van der Waals surface area contributed by atoms with Crippen LogP contribution in [0.5, 0.6) is 0 Å². The summed E-state index contributed by atoms with van der Waals surface area (Å²) in [5.74, 6) is -1.07. The maximum absolute atomic E-state index is 12.8. The van der Waals surface area contributed by atoms with Crippen molar-refractivity contribution < 1.29 is 28.6 Å². The van der Waals surface area contributed by atoms with Crippen molar-refractivity contribution in [1.82, 2.24) is 0 Å². The summed E-state index contributed by atoms with van der Waals surface area (Å²) in [7, 11) is 0. The molecule has 1 unspecified atom stereocenters. The van der Waals surface area contributed by atoms with Gasteiger partial charge in [-0.25, -0.2) is 0 Å². The van der Waals surface area contributed by atoms with E-state index in [1.807, 2.05) is 6.08 Å². The Hall–Kier alpha value is -4.71. The van der Waals surface area contributed by atoms with E-state index >= 15 is 0 Å². The SMILES string of the molecule is CC/C=C\C/C=C\C/C=C\C/C=C\C/C=C\C/C=C\CCCCCCCCCCCCC(=O)OCC(COC(=O)CCCCCCC/C=C\CCCCCC)OC(=O)C/C=C\C/C=C\C/C=C\C/C=C\C/C=C\CC. The summed E-state index contributed by atoms with van der Waals surface area (Å²) in [6.45, 7) is 6.29. The molecule has 422 valence electrons. The molecule has 0 amide bonds. The number of hydrogen-bond acceptors (Lipinski definition) is 6. The summed E-state index contributed by atoms with van der Waals surface area (Å²) in [4.78, 5) is 38.1. The van der Waals surface area contributed by atoms with Gasteiger partial charge in [-0.05, 0) is 122 Å². The Kier molecular flexibility index (Phi) is 58.0. The molecule has 0 rings (SSSR count). The maximum Gasteiger partial charge on any atom is 0.310 e. The molecule has 0 fully saturated rings. The predicted octanol–water partition coefficient (Wildman–Crippen LogP) is 20.8. The van der Waals surface area contributed by atoms with Crippen molar-refractivity contribution in [2.45, 2.75) is 258 Å². The van der Waals surface area contributed by atoms with Gasteiger partial charge in [-0.2, -0.15) is 0 Å². The predicted molar refractivity (Wildman–Crippen MR) is 325 cm³/mol. The molecule has 0 bridgehead atoms. The van der Waals surface area contributed by atoms with Crippen LogP contribution in [-0.4, -0.2) is 37.2 Å². The second-order valence-electron chi connectivity index (χ2n) is 19.5. The standard InChI is InChI=1S/C69H110O6/c1-4-7-10-13-16-19-22-25-27-28-29-30-31-32-33-34-35-36-37-38-39-40-42-44-47-50-53-56-59-62-68(71)74-65-66(64-73-67(70)61-58-55-52-49-46-43-24-21-18-15-12-9-6-3)75-69(72)63-60-57-54-51-48-45-41-26-23-20-17-14-11-8-5-2/h7-8,10-11,16-17,19-21,24-27,29-30,32-33,35-36,41,48,51,57,60,66H,4-6,9,12-15,18,22-23,28,31,34,37-40,42-47,49-50,52-56,58-59,61-65H2,1-3H3/b10-7-,11-8-,19-16-,20-17-,24-21-,27-25-,30-29-,33-32-,36-35-,41-26-,51-48-,60-57-. The van der Waals surface area contributed by atoms with Crippen LogP contribution in [0.4, 0.5) is 0 Å². The maximum atomic E-state index is 12.8. The molecule has 0 spiro atoms. The molecule has 6 heteroatoms. The number of hydrogen-bond donors (Lipinski definition) is 0. The number of carbonyl (C=O) groups excluding carboxylic acids is 3. The Morgan fingerprint density at radius 1 is 0.293 bits per heavy atom. The molecule has 0 aliphatic heterocycles. The highest BCUT2D eigenvalue weighted by molar-refractivity contribution is 5.72. The van der Waals surface area contributed by atoms with Crippen molar-refractivity contribution in [1.29, 1.82) is 0 Å². The van der Waals surface area contributed by atoms with E-state index in [4.69, 9.17) is 14.2 Å². The minimum Gasteiger partial charge on any atom is -0.462 e. The molecule has 0 aliphatic carbocycles. The van der Waals surface area contributed by atoms with Gasteiger partial charge in [0.15, 0.2) is 6.10 Å². The van der Waals surface area contributed by atoms with Crippen LogP contribution >= 0.6 is 0 Å². The van der Waals surface area contributed by atoms with Gasteiger partial charge in [-0.3, -0.25) is 14.4 Å². The first-order valence-electron chi connectivity index (χ1n) is 30.3. The third kappa shape index (κ3) is 60.0. The topological polar surface area (TPSA) is 78.9 Å². The Morgan fingerprint density at radius 2 is 0.560 bits per heavy atom. The van der Waals surface area contributed by atoms with Crippen molar-refractivity contribution in [3.05, 3.63) is 146 Å². The van der Waals surface area contributed by atoms with Gasteiger partial charge in [0, 0.05) is 12.8 Å². The van der Waals surface area contributed by atoms with E-state index in [1.54, 1.807) is 6.08 Å². The van der Waals surface area contributed by atoms with Crippen molar-refractivity contribution in [2.24, 2.45) is 0 Å². The van der Waals surface area contributed by atoms with Crippen LogP contribution in [0.25, 0.3) is 0 Å². The van der Waals surface area contributed by atoms with Crippen LogP contribution in [0.1, 0.15) is 252 Å². The molecule has 0 aliphatic rings. The van der Waals surface area contributed by atoms with Gasteiger partial charge in [0.25, 0.3) is 0 Å². The summed E-state index contributed by atoms with van der Waals surface area (Å²) in [5, 5.41) is 0. The lowest BCUT2D eigenvalue weighted by molar-refractivity contribution is -0.166. The molecule has 0 N–H and O–H groups in total. The van der Waals surface area contributed by atoms with Gasteiger partial charge in [0.2, 0.25) is 0 Å². The average Bonchev–Trinajstić information content (AvgIpc) is 3.41. The fourth-order valence-corrected chi connectivity index (χ4v) is 7.87. The van der Waals surface area contributed by atoms with Crippen molar-refractivity contribution >= 4 is 17.9 Å². The van der Waals surface area contributed by atoms with Crippen LogP contribution in [0.3, 0.4) is 0 Å². The minimum atomic E-state index is -0.843.